The molecule has 0 amide bonds. The molecule has 1 rings (SSSR count). The van der Waals surface area contributed by atoms with Crippen molar-refractivity contribution < 1.29 is 15.1 Å². The van der Waals surface area contributed by atoms with Crippen LogP contribution < -0.4 is 11.1 Å². The van der Waals surface area contributed by atoms with Crippen LogP contribution in [0.3, 0.4) is 0 Å². The molecular formula is C12H19N3O3. The van der Waals surface area contributed by atoms with E-state index < -0.39 is 0 Å². The molecule has 1 aromatic carbocycles. The van der Waals surface area contributed by atoms with E-state index in [0.717, 1.165) is 5.56 Å². The molecule has 100 valence electrons. The summed E-state index contributed by atoms with van der Waals surface area (Å²) in [5.41, 5.74) is 7.15. The SMILES string of the molecule is COCC(CO)NCc1cccc(/C(N)=N/O)c1. The van der Waals surface area contributed by atoms with E-state index in [-0.39, 0.29) is 18.5 Å². The van der Waals surface area contributed by atoms with Gasteiger partial charge in [0.15, 0.2) is 5.84 Å². The zero-order valence-corrected chi connectivity index (χ0v) is 10.3. The Hall–Kier alpha value is -1.63. The van der Waals surface area contributed by atoms with Gasteiger partial charge in [0.2, 0.25) is 0 Å². The van der Waals surface area contributed by atoms with E-state index in [2.05, 4.69) is 10.5 Å². The van der Waals surface area contributed by atoms with E-state index in [4.69, 9.17) is 20.8 Å². The summed E-state index contributed by atoms with van der Waals surface area (Å²) in [7, 11) is 1.59. The summed E-state index contributed by atoms with van der Waals surface area (Å²) < 4.78 is 4.97. The van der Waals surface area contributed by atoms with Gasteiger partial charge in [0.05, 0.1) is 19.3 Å². The number of methoxy groups -OCH3 is 1. The lowest BCUT2D eigenvalue weighted by molar-refractivity contribution is 0.128. The number of nitrogens with one attached hydrogen (secondary N) is 1. The zero-order valence-electron chi connectivity index (χ0n) is 10.3. The molecule has 5 N–H and O–H groups in total. The number of amidine groups is 1. The van der Waals surface area contributed by atoms with Crippen LogP contribution in [0.1, 0.15) is 11.1 Å². The van der Waals surface area contributed by atoms with Crippen LogP contribution in [0.25, 0.3) is 0 Å². The number of aliphatic hydroxyl groups excluding tert-OH is 1. The topological polar surface area (TPSA) is 100 Å². The fourth-order valence-electron chi connectivity index (χ4n) is 1.54. The van der Waals surface area contributed by atoms with Gasteiger partial charge in [-0.3, -0.25) is 0 Å². The van der Waals surface area contributed by atoms with Gasteiger partial charge in [-0.2, -0.15) is 0 Å². The summed E-state index contributed by atoms with van der Waals surface area (Å²) in [5.74, 6) is 0.0763. The number of hydrogen-bond donors (Lipinski definition) is 4. The highest BCUT2D eigenvalue weighted by molar-refractivity contribution is 5.97. The van der Waals surface area contributed by atoms with Crippen molar-refractivity contribution in [3.8, 4) is 0 Å². The third-order valence-corrected chi connectivity index (χ3v) is 2.51. The minimum Gasteiger partial charge on any atom is -0.409 e. The van der Waals surface area contributed by atoms with Crippen molar-refractivity contribution in [1.82, 2.24) is 5.32 Å². The van der Waals surface area contributed by atoms with E-state index in [0.29, 0.717) is 18.7 Å². The molecule has 1 aromatic rings. The summed E-state index contributed by atoms with van der Waals surface area (Å²) >= 11 is 0. The Labute approximate surface area is 106 Å². The van der Waals surface area contributed by atoms with Gasteiger partial charge in [-0.1, -0.05) is 23.4 Å². The van der Waals surface area contributed by atoms with Gasteiger partial charge in [-0.25, -0.2) is 0 Å². The van der Waals surface area contributed by atoms with Crippen LogP contribution in [-0.2, 0) is 11.3 Å². The van der Waals surface area contributed by atoms with Gasteiger partial charge < -0.3 is 26.1 Å². The van der Waals surface area contributed by atoms with Crippen molar-refractivity contribution in [2.75, 3.05) is 20.3 Å². The van der Waals surface area contributed by atoms with E-state index in [1.807, 2.05) is 18.2 Å². The lowest BCUT2D eigenvalue weighted by Crippen LogP contribution is -2.35. The van der Waals surface area contributed by atoms with Crippen molar-refractivity contribution in [3.05, 3.63) is 35.4 Å². The van der Waals surface area contributed by atoms with Gasteiger partial charge in [0, 0.05) is 19.2 Å². The second kappa shape index (κ2) is 7.65. The molecule has 0 heterocycles. The molecule has 6 heteroatoms. The molecule has 0 saturated heterocycles. The third-order valence-electron chi connectivity index (χ3n) is 2.51. The molecule has 0 aliphatic heterocycles. The maximum atomic E-state index is 9.10. The van der Waals surface area contributed by atoms with Gasteiger partial charge in [-0.15, -0.1) is 0 Å². The van der Waals surface area contributed by atoms with E-state index >= 15 is 0 Å². The first-order valence-corrected chi connectivity index (χ1v) is 5.61. The maximum Gasteiger partial charge on any atom is 0.170 e. The molecule has 0 spiro atoms. The predicted molar refractivity (Wildman–Crippen MR) is 68.5 cm³/mol. The average Bonchev–Trinajstić information content (AvgIpc) is 2.42. The van der Waals surface area contributed by atoms with E-state index in [1.54, 1.807) is 13.2 Å². The first-order valence-electron chi connectivity index (χ1n) is 5.61. The molecule has 18 heavy (non-hydrogen) atoms. The van der Waals surface area contributed by atoms with Gasteiger partial charge in [0.1, 0.15) is 0 Å². The fourth-order valence-corrected chi connectivity index (χ4v) is 1.54. The monoisotopic (exact) mass is 253 g/mol. The molecule has 0 aromatic heterocycles. The summed E-state index contributed by atoms with van der Waals surface area (Å²) in [4.78, 5) is 0. The standard InChI is InChI=1S/C12H19N3O3/c1-18-8-11(7-16)14-6-9-3-2-4-10(5-9)12(13)15-17/h2-5,11,14,16-17H,6-8H2,1H3,(H2,13,15). The minimum atomic E-state index is -0.109. The maximum absolute atomic E-state index is 9.10. The Balaban J connectivity index is 2.62. The lowest BCUT2D eigenvalue weighted by atomic mass is 10.1. The Morgan fingerprint density at radius 1 is 1.56 bits per heavy atom. The number of aliphatic hydroxyl groups is 1. The number of benzene rings is 1. The molecule has 0 aliphatic carbocycles. The van der Waals surface area contributed by atoms with Crippen LogP contribution >= 0.6 is 0 Å². The lowest BCUT2D eigenvalue weighted by Gasteiger charge is -2.15. The Bertz CT molecular complexity index is 396. The largest absolute Gasteiger partial charge is 0.409 e. The third kappa shape index (κ3) is 4.33. The minimum absolute atomic E-state index is 0.00771. The van der Waals surface area contributed by atoms with Crippen molar-refractivity contribution in [3.63, 3.8) is 0 Å². The Morgan fingerprint density at radius 3 is 2.94 bits per heavy atom. The van der Waals surface area contributed by atoms with Crippen molar-refractivity contribution in [1.29, 1.82) is 0 Å². The normalized spacial score (nSPS) is 13.6. The second-order valence-electron chi connectivity index (χ2n) is 3.90. The molecule has 0 aliphatic rings. The highest BCUT2D eigenvalue weighted by atomic mass is 16.5. The van der Waals surface area contributed by atoms with Crippen molar-refractivity contribution in [2.45, 2.75) is 12.6 Å². The van der Waals surface area contributed by atoms with Crippen LogP contribution in [0, 0.1) is 0 Å². The zero-order chi connectivity index (χ0) is 13.4. The Kier molecular flexibility index (Phi) is 6.13. The van der Waals surface area contributed by atoms with Crippen LogP contribution in [-0.4, -0.2) is 42.5 Å². The first kappa shape index (κ1) is 14.4. The highest BCUT2D eigenvalue weighted by Crippen LogP contribution is 2.05. The summed E-state index contributed by atoms with van der Waals surface area (Å²) in [5, 5.41) is 23.8. The summed E-state index contributed by atoms with van der Waals surface area (Å²) in [6.45, 7) is 1.02. The molecule has 6 nitrogen and oxygen atoms in total. The molecule has 1 atom stereocenters. The number of hydrogen-bond acceptors (Lipinski definition) is 5. The predicted octanol–water partition coefficient (Wildman–Crippen LogP) is -0.122. The van der Waals surface area contributed by atoms with Crippen LogP contribution in [0.15, 0.2) is 29.4 Å². The molecule has 0 bridgehead atoms. The molecule has 0 fully saturated rings. The van der Waals surface area contributed by atoms with Crippen molar-refractivity contribution >= 4 is 5.84 Å². The van der Waals surface area contributed by atoms with Gasteiger partial charge in [0.25, 0.3) is 0 Å². The summed E-state index contributed by atoms with van der Waals surface area (Å²) in [6, 6.07) is 7.22. The molecule has 0 saturated carbocycles. The molecular weight excluding hydrogens is 234 g/mol. The second-order valence-corrected chi connectivity index (χ2v) is 3.90. The molecule has 1 unspecified atom stereocenters. The van der Waals surface area contributed by atoms with Crippen LogP contribution in [0.5, 0.6) is 0 Å². The summed E-state index contributed by atoms with van der Waals surface area (Å²) in [6.07, 6.45) is 0. The smallest absolute Gasteiger partial charge is 0.170 e. The van der Waals surface area contributed by atoms with Crippen LogP contribution in [0.2, 0.25) is 0 Å². The Morgan fingerprint density at radius 2 is 2.33 bits per heavy atom. The number of oxime groups is 1. The first-order chi connectivity index (χ1) is 8.71. The quantitative estimate of drug-likeness (QED) is 0.235. The van der Waals surface area contributed by atoms with Crippen LogP contribution in [0.4, 0.5) is 0 Å². The number of rotatable bonds is 7. The number of nitrogens with two attached hydrogens (primary N) is 1. The van der Waals surface area contributed by atoms with Gasteiger partial charge >= 0.3 is 0 Å². The molecule has 0 radical (unpaired) electrons. The van der Waals surface area contributed by atoms with Gasteiger partial charge in [-0.05, 0) is 11.6 Å². The highest BCUT2D eigenvalue weighted by Gasteiger charge is 2.06. The fraction of sp³-hybridized carbons (Fsp3) is 0.417. The average molecular weight is 253 g/mol. The number of ether oxygens (including phenoxy) is 1. The number of nitrogens with zero attached hydrogens (tertiary/aromatic N) is 1. The van der Waals surface area contributed by atoms with E-state index in [1.165, 1.54) is 0 Å². The van der Waals surface area contributed by atoms with E-state index in [9.17, 15) is 0 Å². The van der Waals surface area contributed by atoms with Crippen molar-refractivity contribution in [2.24, 2.45) is 10.9 Å².